The zero-order chi connectivity index (χ0) is 16.8. The summed E-state index contributed by atoms with van der Waals surface area (Å²) in [6, 6.07) is 2.93. The summed E-state index contributed by atoms with van der Waals surface area (Å²) in [7, 11) is 1.48. The fourth-order valence-corrected chi connectivity index (χ4v) is 3.21. The van der Waals surface area contributed by atoms with Gasteiger partial charge < -0.3 is 0 Å². The molecule has 0 unspecified atom stereocenters. The van der Waals surface area contributed by atoms with Crippen molar-refractivity contribution in [1.82, 2.24) is 19.5 Å². The molecular weight excluding hydrogens is 330 g/mol. The number of fused-ring (bicyclic) bond motifs is 1. The van der Waals surface area contributed by atoms with E-state index in [9.17, 15) is 14.4 Å². The largest absolute Gasteiger partial charge is 0.329 e. The van der Waals surface area contributed by atoms with Crippen LogP contribution in [0, 0.1) is 0 Å². The van der Waals surface area contributed by atoms with Gasteiger partial charge in [-0.15, -0.1) is 11.3 Å². The maximum Gasteiger partial charge on any atom is 0.329 e. The van der Waals surface area contributed by atoms with Crippen molar-refractivity contribution < 1.29 is 4.79 Å². The number of thiazole rings is 1. The van der Waals surface area contributed by atoms with Gasteiger partial charge in [-0.3, -0.25) is 24.5 Å². The molecule has 24 heavy (non-hydrogen) atoms. The Morgan fingerprint density at radius 3 is 2.88 bits per heavy atom. The predicted molar refractivity (Wildman–Crippen MR) is 89.6 cm³/mol. The smallest absolute Gasteiger partial charge is 0.296 e. The third kappa shape index (κ3) is 2.52. The fraction of sp³-hybridized carbons (Fsp3) is 0.267. The Bertz CT molecular complexity index is 1080. The van der Waals surface area contributed by atoms with E-state index >= 15 is 0 Å². The number of carbonyl (C=O) groups excluding carboxylic acids is 1. The lowest BCUT2D eigenvalue weighted by Crippen LogP contribution is -2.29. The highest BCUT2D eigenvalue weighted by Crippen LogP contribution is 2.40. The highest BCUT2D eigenvalue weighted by atomic mass is 32.1. The number of H-pyrrole nitrogens is 1. The van der Waals surface area contributed by atoms with Crippen LogP contribution in [0.15, 0.2) is 27.1 Å². The van der Waals surface area contributed by atoms with Crippen molar-refractivity contribution in [2.75, 3.05) is 5.32 Å². The van der Waals surface area contributed by atoms with Gasteiger partial charge in [-0.25, -0.2) is 14.8 Å². The van der Waals surface area contributed by atoms with E-state index in [1.54, 1.807) is 0 Å². The summed E-state index contributed by atoms with van der Waals surface area (Å²) in [6.07, 6.45) is 2.29. The predicted octanol–water partition coefficient (Wildman–Crippen LogP) is 1.21. The van der Waals surface area contributed by atoms with Gasteiger partial charge in [0.15, 0.2) is 5.13 Å². The first-order chi connectivity index (χ1) is 11.5. The van der Waals surface area contributed by atoms with Gasteiger partial charge in [0.05, 0.1) is 11.1 Å². The molecule has 1 fully saturated rings. The van der Waals surface area contributed by atoms with Gasteiger partial charge in [0.2, 0.25) is 0 Å². The van der Waals surface area contributed by atoms with Gasteiger partial charge in [-0.05, 0) is 25.0 Å². The van der Waals surface area contributed by atoms with Gasteiger partial charge in [-0.2, -0.15) is 0 Å². The van der Waals surface area contributed by atoms with Gasteiger partial charge in [0.1, 0.15) is 11.3 Å². The Balaban J connectivity index is 1.67. The molecule has 0 bridgehead atoms. The highest BCUT2D eigenvalue weighted by Gasteiger charge is 2.26. The number of pyridine rings is 1. The summed E-state index contributed by atoms with van der Waals surface area (Å²) in [5, 5.41) is 5.42. The Morgan fingerprint density at radius 2 is 2.12 bits per heavy atom. The van der Waals surface area contributed by atoms with Crippen LogP contribution in [0.25, 0.3) is 11.0 Å². The van der Waals surface area contributed by atoms with Crippen LogP contribution in [0.5, 0.6) is 0 Å². The third-order valence-corrected chi connectivity index (χ3v) is 4.71. The van der Waals surface area contributed by atoms with Crippen LogP contribution in [-0.4, -0.2) is 25.4 Å². The van der Waals surface area contributed by atoms with Gasteiger partial charge in [0.25, 0.3) is 11.5 Å². The molecule has 9 heteroatoms. The van der Waals surface area contributed by atoms with Crippen molar-refractivity contribution >= 4 is 33.4 Å². The highest BCUT2D eigenvalue weighted by molar-refractivity contribution is 7.14. The number of hydrogen-bond acceptors (Lipinski definition) is 6. The number of anilines is 1. The summed E-state index contributed by atoms with van der Waals surface area (Å²) in [6.45, 7) is 0. The standard InChI is InChI=1S/C15H13N5O3S/c1-20-11-8(12(21)19-15(20)23)4-5-9(16-11)13(22)18-14-17-10(6-24-14)7-2-3-7/h4-7H,2-3H2,1H3,(H,17,18,22)(H,19,21,23). The number of carbonyl (C=O) groups is 1. The SMILES string of the molecule is Cn1c(=O)[nH]c(=O)c2ccc(C(=O)Nc3nc(C4CC4)cs3)nc21. The van der Waals surface area contributed by atoms with Gasteiger partial charge in [-0.1, -0.05) is 0 Å². The molecule has 0 saturated heterocycles. The first-order valence-electron chi connectivity index (χ1n) is 7.40. The minimum atomic E-state index is -0.577. The summed E-state index contributed by atoms with van der Waals surface area (Å²) in [5.74, 6) is 0.0910. The summed E-state index contributed by atoms with van der Waals surface area (Å²) >= 11 is 1.37. The van der Waals surface area contributed by atoms with Crippen molar-refractivity contribution in [3.8, 4) is 0 Å². The molecule has 1 aliphatic carbocycles. The lowest BCUT2D eigenvalue weighted by atomic mass is 10.2. The lowest BCUT2D eigenvalue weighted by molar-refractivity contribution is 0.102. The summed E-state index contributed by atoms with van der Waals surface area (Å²) < 4.78 is 1.20. The number of aromatic amines is 1. The Morgan fingerprint density at radius 1 is 1.33 bits per heavy atom. The van der Waals surface area contributed by atoms with E-state index in [0.29, 0.717) is 11.0 Å². The van der Waals surface area contributed by atoms with Crippen LogP contribution in [0.4, 0.5) is 5.13 Å². The van der Waals surface area contributed by atoms with Crippen molar-refractivity contribution in [1.29, 1.82) is 0 Å². The topological polar surface area (TPSA) is 110 Å². The first kappa shape index (κ1) is 14.8. The van der Waals surface area contributed by atoms with E-state index in [4.69, 9.17) is 0 Å². The van der Waals surface area contributed by atoms with E-state index in [0.717, 1.165) is 18.5 Å². The zero-order valence-corrected chi connectivity index (χ0v) is 13.5. The van der Waals surface area contributed by atoms with Crippen molar-refractivity contribution in [3.05, 3.63) is 49.7 Å². The second-order valence-corrected chi connectivity index (χ2v) is 6.55. The molecule has 122 valence electrons. The Labute approximate surface area is 139 Å². The van der Waals surface area contributed by atoms with E-state index < -0.39 is 17.2 Å². The molecule has 1 amide bonds. The van der Waals surface area contributed by atoms with Crippen LogP contribution >= 0.6 is 11.3 Å². The quantitative estimate of drug-likeness (QED) is 0.743. The van der Waals surface area contributed by atoms with Crippen molar-refractivity contribution in [2.45, 2.75) is 18.8 Å². The maximum absolute atomic E-state index is 12.4. The summed E-state index contributed by atoms with van der Waals surface area (Å²) in [5.41, 5.74) is 0.185. The van der Waals surface area contributed by atoms with E-state index in [1.165, 1.54) is 35.1 Å². The van der Waals surface area contributed by atoms with Crippen LogP contribution in [-0.2, 0) is 7.05 Å². The van der Waals surface area contributed by atoms with Crippen LogP contribution in [0.3, 0.4) is 0 Å². The van der Waals surface area contributed by atoms with E-state index in [-0.39, 0.29) is 16.7 Å². The molecule has 0 radical (unpaired) electrons. The molecule has 0 atom stereocenters. The van der Waals surface area contributed by atoms with Gasteiger partial charge >= 0.3 is 5.69 Å². The molecule has 8 nitrogen and oxygen atoms in total. The number of aromatic nitrogens is 4. The molecule has 3 aromatic heterocycles. The van der Waals surface area contributed by atoms with Gasteiger partial charge in [0, 0.05) is 18.3 Å². The van der Waals surface area contributed by atoms with E-state index in [1.807, 2.05) is 5.38 Å². The maximum atomic E-state index is 12.4. The second kappa shape index (κ2) is 5.38. The molecular formula is C15H13N5O3S. The number of hydrogen-bond donors (Lipinski definition) is 2. The molecule has 3 heterocycles. The third-order valence-electron chi connectivity index (χ3n) is 3.93. The van der Waals surface area contributed by atoms with Crippen LogP contribution in [0.2, 0.25) is 0 Å². The number of aryl methyl sites for hydroxylation is 1. The molecule has 3 aromatic rings. The molecule has 1 aliphatic rings. The molecule has 0 aromatic carbocycles. The normalized spacial score (nSPS) is 14.0. The zero-order valence-electron chi connectivity index (χ0n) is 12.7. The molecule has 1 saturated carbocycles. The summed E-state index contributed by atoms with van der Waals surface area (Å²) in [4.78, 5) is 46.5. The van der Waals surface area contributed by atoms with E-state index in [2.05, 4.69) is 20.3 Å². The van der Waals surface area contributed by atoms with Crippen LogP contribution < -0.4 is 16.6 Å². The molecule has 0 spiro atoms. The number of nitrogens with zero attached hydrogens (tertiary/aromatic N) is 3. The average Bonchev–Trinajstić information content (AvgIpc) is 3.32. The van der Waals surface area contributed by atoms with Crippen LogP contribution in [0.1, 0.15) is 34.9 Å². The minimum Gasteiger partial charge on any atom is -0.296 e. The van der Waals surface area contributed by atoms with Crippen molar-refractivity contribution in [3.63, 3.8) is 0 Å². The minimum absolute atomic E-state index is 0.117. The second-order valence-electron chi connectivity index (χ2n) is 5.69. The number of amides is 1. The fourth-order valence-electron chi connectivity index (χ4n) is 2.42. The molecule has 2 N–H and O–H groups in total. The number of rotatable bonds is 3. The number of nitrogens with one attached hydrogen (secondary N) is 2. The monoisotopic (exact) mass is 343 g/mol. The van der Waals surface area contributed by atoms with Crippen molar-refractivity contribution in [2.24, 2.45) is 7.05 Å². The lowest BCUT2D eigenvalue weighted by Gasteiger charge is -2.05. The average molecular weight is 343 g/mol. The Hall–Kier alpha value is -2.81. The molecule has 4 rings (SSSR count). The Kier molecular flexibility index (Phi) is 3.31. The first-order valence-corrected chi connectivity index (χ1v) is 8.28. The molecule has 0 aliphatic heterocycles.